The monoisotopic (exact) mass is 330 g/mol. The summed E-state index contributed by atoms with van der Waals surface area (Å²) in [6.07, 6.45) is 5.05. The second-order valence-corrected chi connectivity index (χ2v) is 8.28. The quantitative estimate of drug-likeness (QED) is 0.868. The summed E-state index contributed by atoms with van der Waals surface area (Å²) in [6.45, 7) is 3.23. The van der Waals surface area contributed by atoms with Crippen molar-refractivity contribution < 1.29 is 8.42 Å². The third-order valence-corrected chi connectivity index (χ3v) is 5.71. The molecule has 0 bridgehead atoms. The minimum atomic E-state index is -3.12. The zero-order valence-electron chi connectivity index (χ0n) is 13.6. The minimum absolute atomic E-state index is 0.186. The number of rotatable bonds is 3. The number of pyridine rings is 1. The molecule has 0 amide bonds. The Morgan fingerprint density at radius 1 is 1.09 bits per heavy atom. The van der Waals surface area contributed by atoms with Gasteiger partial charge in [0.05, 0.1) is 6.26 Å². The lowest BCUT2D eigenvalue weighted by Gasteiger charge is -2.30. The number of benzene rings is 1. The van der Waals surface area contributed by atoms with E-state index < -0.39 is 10.0 Å². The van der Waals surface area contributed by atoms with E-state index >= 15 is 0 Å². The average molecular weight is 330 g/mol. The second kappa shape index (κ2) is 6.42. The molecule has 2 heterocycles. The fourth-order valence-electron chi connectivity index (χ4n) is 3.05. The van der Waals surface area contributed by atoms with Gasteiger partial charge in [0.25, 0.3) is 0 Å². The topological polar surface area (TPSA) is 50.3 Å². The predicted octanol–water partition coefficient (Wildman–Crippen LogP) is 3.20. The number of nitrogens with zero attached hydrogens (tertiary/aromatic N) is 2. The summed E-state index contributed by atoms with van der Waals surface area (Å²) in [5.74, 6) is 0.186. The molecule has 1 fully saturated rings. The van der Waals surface area contributed by atoms with Gasteiger partial charge in [-0.05, 0) is 31.4 Å². The summed E-state index contributed by atoms with van der Waals surface area (Å²) in [4.78, 5) is 4.60. The van der Waals surface area contributed by atoms with Crippen molar-refractivity contribution in [2.24, 2.45) is 0 Å². The Kier molecular flexibility index (Phi) is 4.50. The maximum Gasteiger partial charge on any atom is 0.211 e. The molecule has 1 aromatic carbocycles. The van der Waals surface area contributed by atoms with Crippen LogP contribution in [0, 0.1) is 6.92 Å². The van der Waals surface area contributed by atoms with Gasteiger partial charge in [-0.1, -0.05) is 35.9 Å². The summed E-state index contributed by atoms with van der Waals surface area (Å²) < 4.78 is 25.0. The van der Waals surface area contributed by atoms with Crippen LogP contribution in [-0.4, -0.2) is 37.1 Å². The van der Waals surface area contributed by atoms with Crippen LogP contribution < -0.4 is 0 Å². The van der Waals surface area contributed by atoms with E-state index in [1.807, 2.05) is 12.3 Å². The lowest BCUT2D eigenvalue weighted by molar-refractivity contribution is 0.314. The molecule has 1 atom stereocenters. The van der Waals surface area contributed by atoms with Crippen molar-refractivity contribution in [2.45, 2.75) is 25.7 Å². The van der Waals surface area contributed by atoms with Crippen LogP contribution in [0.15, 0.2) is 42.6 Å². The Bertz CT molecular complexity index is 768. The Hall–Kier alpha value is -1.72. The molecule has 3 rings (SSSR count). The number of hydrogen-bond acceptors (Lipinski definition) is 3. The van der Waals surface area contributed by atoms with Crippen molar-refractivity contribution >= 4 is 10.0 Å². The molecule has 0 spiro atoms. The van der Waals surface area contributed by atoms with Crippen LogP contribution in [-0.2, 0) is 10.0 Å². The summed E-state index contributed by atoms with van der Waals surface area (Å²) >= 11 is 0. The van der Waals surface area contributed by atoms with Crippen LogP contribution in [0.3, 0.4) is 0 Å². The van der Waals surface area contributed by atoms with Crippen LogP contribution in [0.25, 0.3) is 11.1 Å². The third kappa shape index (κ3) is 3.79. The zero-order valence-corrected chi connectivity index (χ0v) is 14.4. The molecule has 5 heteroatoms. The van der Waals surface area contributed by atoms with Gasteiger partial charge in [0.15, 0.2) is 0 Å². The van der Waals surface area contributed by atoms with E-state index in [1.165, 1.54) is 11.8 Å². The molecular weight excluding hydrogens is 308 g/mol. The van der Waals surface area contributed by atoms with E-state index in [-0.39, 0.29) is 5.92 Å². The Morgan fingerprint density at radius 2 is 1.78 bits per heavy atom. The second-order valence-electron chi connectivity index (χ2n) is 6.30. The first-order chi connectivity index (χ1) is 10.9. The molecule has 1 saturated heterocycles. The average Bonchev–Trinajstić information content (AvgIpc) is 2.55. The van der Waals surface area contributed by atoms with Gasteiger partial charge >= 0.3 is 0 Å². The Morgan fingerprint density at radius 3 is 2.39 bits per heavy atom. The van der Waals surface area contributed by atoms with Crippen LogP contribution in [0.2, 0.25) is 0 Å². The third-order valence-electron chi connectivity index (χ3n) is 4.44. The lowest BCUT2D eigenvalue weighted by Crippen LogP contribution is -2.38. The smallest absolute Gasteiger partial charge is 0.211 e. The molecular formula is C18H22N2O2S. The molecule has 0 aliphatic carbocycles. The van der Waals surface area contributed by atoms with Crippen molar-refractivity contribution in [1.29, 1.82) is 0 Å². The van der Waals surface area contributed by atoms with Crippen molar-refractivity contribution in [3.8, 4) is 11.1 Å². The number of aromatic nitrogens is 1. The van der Waals surface area contributed by atoms with E-state index in [9.17, 15) is 8.42 Å². The first kappa shape index (κ1) is 16.1. The normalized spacial score (nSPS) is 19.7. The van der Waals surface area contributed by atoms with Crippen molar-refractivity contribution in [3.63, 3.8) is 0 Å². The van der Waals surface area contributed by atoms with E-state index in [0.717, 1.165) is 29.7 Å². The fraction of sp³-hybridized carbons (Fsp3) is 0.389. The first-order valence-electron chi connectivity index (χ1n) is 7.91. The standard InChI is InChI=1S/C18H22N2O2S/c1-14-5-7-15(8-6-14)16-9-10-18(19-12-16)17-4-3-11-20(13-17)23(2,21)22/h5-10,12,17H,3-4,11,13H2,1-2H3/t17-/m1/s1. The van der Waals surface area contributed by atoms with E-state index in [0.29, 0.717) is 13.1 Å². The van der Waals surface area contributed by atoms with Crippen LogP contribution in [0.5, 0.6) is 0 Å². The number of hydrogen-bond donors (Lipinski definition) is 0. The van der Waals surface area contributed by atoms with E-state index in [4.69, 9.17) is 0 Å². The first-order valence-corrected chi connectivity index (χ1v) is 9.76. The highest BCUT2D eigenvalue weighted by atomic mass is 32.2. The van der Waals surface area contributed by atoms with Gasteiger partial charge in [0, 0.05) is 36.5 Å². The summed E-state index contributed by atoms with van der Waals surface area (Å²) in [6, 6.07) is 12.5. The van der Waals surface area contributed by atoms with E-state index in [2.05, 4.69) is 42.2 Å². The maximum absolute atomic E-state index is 11.7. The highest BCUT2D eigenvalue weighted by Crippen LogP contribution is 2.28. The van der Waals surface area contributed by atoms with Gasteiger partial charge in [-0.25, -0.2) is 12.7 Å². The summed E-state index contributed by atoms with van der Waals surface area (Å²) in [5.41, 5.74) is 4.45. The zero-order chi connectivity index (χ0) is 16.4. The molecule has 0 unspecified atom stereocenters. The van der Waals surface area contributed by atoms with Gasteiger partial charge in [0.1, 0.15) is 0 Å². The van der Waals surface area contributed by atoms with Crippen molar-refractivity contribution in [2.75, 3.05) is 19.3 Å². The van der Waals surface area contributed by atoms with Crippen LogP contribution >= 0.6 is 0 Å². The minimum Gasteiger partial charge on any atom is -0.260 e. The molecule has 0 N–H and O–H groups in total. The molecule has 0 saturated carbocycles. The maximum atomic E-state index is 11.7. The van der Waals surface area contributed by atoms with Gasteiger partial charge in [-0.3, -0.25) is 4.98 Å². The summed E-state index contributed by atoms with van der Waals surface area (Å²) in [5, 5.41) is 0. The largest absolute Gasteiger partial charge is 0.260 e. The molecule has 122 valence electrons. The lowest BCUT2D eigenvalue weighted by atomic mass is 9.95. The SMILES string of the molecule is Cc1ccc(-c2ccc([C@@H]3CCCN(S(C)(=O)=O)C3)nc2)cc1. The van der Waals surface area contributed by atoms with E-state index in [1.54, 1.807) is 4.31 Å². The number of aryl methyl sites for hydroxylation is 1. The predicted molar refractivity (Wildman–Crippen MR) is 92.8 cm³/mol. The molecule has 1 aliphatic heterocycles. The highest BCUT2D eigenvalue weighted by molar-refractivity contribution is 7.88. The Balaban J connectivity index is 1.78. The van der Waals surface area contributed by atoms with Crippen molar-refractivity contribution in [1.82, 2.24) is 9.29 Å². The van der Waals surface area contributed by atoms with Crippen molar-refractivity contribution in [3.05, 3.63) is 53.9 Å². The molecule has 23 heavy (non-hydrogen) atoms. The van der Waals surface area contributed by atoms with Gasteiger partial charge in [0.2, 0.25) is 10.0 Å². The van der Waals surface area contributed by atoms with Gasteiger partial charge in [-0.2, -0.15) is 0 Å². The fourth-order valence-corrected chi connectivity index (χ4v) is 3.96. The summed E-state index contributed by atoms with van der Waals surface area (Å²) in [7, 11) is -3.12. The number of sulfonamides is 1. The number of piperidine rings is 1. The van der Waals surface area contributed by atoms with Crippen LogP contribution in [0.1, 0.15) is 30.0 Å². The van der Waals surface area contributed by atoms with Gasteiger partial charge in [-0.15, -0.1) is 0 Å². The Labute approximate surface area is 138 Å². The molecule has 1 aromatic heterocycles. The molecule has 0 radical (unpaired) electrons. The molecule has 4 nitrogen and oxygen atoms in total. The molecule has 1 aliphatic rings. The molecule has 2 aromatic rings. The van der Waals surface area contributed by atoms with Crippen LogP contribution in [0.4, 0.5) is 0 Å². The highest BCUT2D eigenvalue weighted by Gasteiger charge is 2.27. The van der Waals surface area contributed by atoms with Gasteiger partial charge < -0.3 is 0 Å².